The van der Waals surface area contributed by atoms with Gasteiger partial charge in [-0.15, -0.1) is 0 Å². The van der Waals surface area contributed by atoms with Crippen LogP contribution in [0.15, 0.2) is 0 Å². The highest BCUT2D eigenvalue weighted by atomic mass is 15.3. The van der Waals surface area contributed by atoms with Crippen LogP contribution in [-0.2, 0) is 0 Å². The van der Waals surface area contributed by atoms with Gasteiger partial charge >= 0.3 is 0 Å². The molecule has 0 aromatic carbocycles. The number of nitrogens with zero attached hydrogens (tertiary/aromatic N) is 1. The first-order valence-electron chi connectivity index (χ1n) is 5.79. The molecule has 0 spiro atoms. The third-order valence-electron chi connectivity index (χ3n) is 3.30. The van der Waals surface area contributed by atoms with Gasteiger partial charge in [0.2, 0.25) is 0 Å². The third-order valence-corrected chi connectivity index (χ3v) is 3.30. The van der Waals surface area contributed by atoms with E-state index in [0.717, 1.165) is 32.5 Å². The third kappa shape index (κ3) is 2.89. The highest BCUT2D eigenvalue weighted by molar-refractivity contribution is 4.97. The van der Waals surface area contributed by atoms with Crippen molar-refractivity contribution in [1.29, 1.82) is 0 Å². The number of hydrogen-bond donors (Lipinski definition) is 4. The van der Waals surface area contributed by atoms with Gasteiger partial charge in [0.25, 0.3) is 0 Å². The van der Waals surface area contributed by atoms with E-state index in [0.29, 0.717) is 13.1 Å². The quantitative estimate of drug-likeness (QED) is 0.454. The van der Waals surface area contributed by atoms with Crippen LogP contribution in [0.3, 0.4) is 0 Å². The van der Waals surface area contributed by atoms with Crippen LogP contribution in [0.4, 0.5) is 0 Å². The maximum absolute atomic E-state index is 6.02. The van der Waals surface area contributed by atoms with Crippen LogP contribution >= 0.6 is 0 Å². The average molecular weight is 215 g/mol. The summed E-state index contributed by atoms with van der Waals surface area (Å²) in [6, 6.07) is 0. The first kappa shape index (κ1) is 12.9. The van der Waals surface area contributed by atoms with Crippen molar-refractivity contribution in [3.05, 3.63) is 0 Å². The molecule has 0 radical (unpaired) electrons. The van der Waals surface area contributed by atoms with E-state index in [4.69, 9.17) is 17.2 Å². The Morgan fingerprint density at radius 3 is 2.40 bits per heavy atom. The summed E-state index contributed by atoms with van der Waals surface area (Å²) >= 11 is 0. The Balaban J connectivity index is 2.77. The highest BCUT2D eigenvalue weighted by Gasteiger charge is 2.38. The summed E-state index contributed by atoms with van der Waals surface area (Å²) in [5, 5.41) is 3.42. The normalized spacial score (nSPS) is 24.0. The fourth-order valence-corrected chi connectivity index (χ4v) is 2.62. The Labute approximate surface area is 92.3 Å². The summed E-state index contributed by atoms with van der Waals surface area (Å²) in [5.74, 6) is 0. The summed E-state index contributed by atoms with van der Waals surface area (Å²) in [5.41, 5.74) is 17.5. The first-order chi connectivity index (χ1) is 7.16. The minimum Gasteiger partial charge on any atom is -0.330 e. The van der Waals surface area contributed by atoms with Crippen LogP contribution in [0.5, 0.6) is 0 Å². The summed E-state index contributed by atoms with van der Waals surface area (Å²) < 4.78 is 0. The van der Waals surface area contributed by atoms with Gasteiger partial charge in [-0.25, -0.2) is 0 Å². The zero-order valence-corrected chi connectivity index (χ0v) is 9.71. The smallest absolute Gasteiger partial charge is 0.0548 e. The van der Waals surface area contributed by atoms with Crippen molar-refractivity contribution in [2.24, 2.45) is 17.2 Å². The Morgan fingerprint density at radius 2 is 1.93 bits per heavy atom. The van der Waals surface area contributed by atoms with Gasteiger partial charge < -0.3 is 22.5 Å². The topological polar surface area (TPSA) is 93.3 Å². The molecule has 1 aliphatic rings. The molecule has 0 amide bonds. The Hall–Kier alpha value is -0.200. The fourth-order valence-electron chi connectivity index (χ4n) is 2.62. The van der Waals surface area contributed by atoms with Crippen molar-refractivity contribution in [1.82, 2.24) is 10.2 Å². The lowest BCUT2D eigenvalue weighted by atomic mass is 9.86. The van der Waals surface area contributed by atoms with E-state index in [1.165, 1.54) is 0 Å². The average Bonchev–Trinajstić information content (AvgIpc) is 2.18. The van der Waals surface area contributed by atoms with Gasteiger partial charge in [0.05, 0.1) is 6.17 Å². The Bertz CT molecular complexity index is 171. The zero-order valence-electron chi connectivity index (χ0n) is 9.71. The van der Waals surface area contributed by atoms with E-state index in [1.807, 2.05) is 6.92 Å². The molecule has 1 saturated heterocycles. The SMILES string of the molecule is CC(N)N1CCNCC1(CCN)CCN. The minimum absolute atomic E-state index is 0.0654. The molecule has 7 N–H and O–H groups in total. The molecule has 0 aromatic heterocycles. The molecule has 5 heteroatoms. The molecule has 1 unspecified atom stereocenters. The van der Waals surface area contributed by atoms with E-state index in [9.17, 15) is 0 Å². The van der Waals surface area contributed by atoms with Crippen molar-refractivity contribution in [2.45, 2.75) is 31.5 Å². The summed E-state index contributed by atoms with van der Waals surface area (Å²) in [6.45, 7) is 6.34. The van der Waals surface area contributed by atoms with Crippen LogP contribution in [-0.4, -0.2) is 49.3 Å². The highest BCUT2D eigenvalue weighted by Crippen LogP contribution is 2.25. The maximum Gasteiger partial charge on any atom is 0.0548 e. The van der Waals surface area contributed by atoms with Gasteiger partial charge in [-0.05, 0) is 32.9 Å². The van der Waals surface area contributed by atoms with Gasteiger partial charge in [0.1, 0.15) is 0 Å². The Morgan fingerprint density at radius 1 is 1.33 bits per heavy atom. The molecule has 1 fully saturated rings. The number of nitrogens with two attached hydrogens (primary N) is 3. The molecule has 0 aromatic rings. The van der Waals surface area contributed by atoms with Gasteiger partial charge in [-0.1, -0.05) is 0 Å². The summed E-state index contributed by atoms with van der Waals surface area (Å²) in [6.07, 6.45) is 1.99. The van der Waals surface area contributed by atoms with Gasteiger partial charge in [0.15, 0.2) is 0 Å². The van der Waals surface area contributed by atoms with Crippen LogP contribution in [0.1, 0.15) is 19.8 Å². The second-order valence-electron chi connectivity index (χ2n) is 4.41. The van der Waals surface area contributed by atoms with Crippen LogP contribution in [0.2, 0.25) is 0 Å². The summed E-state index contributed by atoms with van der Waals surface area (Å²) in [7, 11) is 0. The number of nitrogens with one attached hydrogen (secondary N) is 1. The molecule has 0 aliphatic carbocycles. The van der Waals surface area contributed by atoms with Crippen LogP contribution in [0.25, 0.3) is 0 Å². The van der Waals surface area contributed by atoms with Crippen LogP contribution in [0, 0.1) is 0 Å². The van der Waals surface area contributed by atoms with Crippen molar-refractivity contribution < 1.29 is 0 Å². The lowest BCUT2D eigenvalue weighted by Crippen LogP contribution is -2.66. The van der Waals surface area contributed by atoms with Crippen LogP contribution < -0.4 is 22.5 Å². The molecule has 1 atom stereocenters. The fraction of sp³-hybridized carbons (Fsp3) is 1.00. The molecule has 0 bridgehead atoms. The number of hydrogen-bond acceptors (Lipinski definition) is 5. The van der Waals surface area contributed by atoms with Crippen molar-refractivity contribution in [3.63, 3.8) is 0 Å². The number of piperazine rings is 1. The molecule has 90 valence electrons. The van der Waals surface area contributed by atoms with E-state index >= 15 is 0 Å². The lowest BCUT2D eigenvalue weighted by molar-refractivity contribution is 0.0174. The maximum atomic E-state index is 6.02. The predicted octanol–water partition coefficient (Wildman–Crippen LogP) is -1.37. The van der Waals surface area contributed by atoms with Gasteiger partial charge in [-0.3, -0.25) is 4.90 Å². The molecule has 1 aliphatic heterocycles. The van der Waals surface area contributed by atoms with E-state index in [2.05, 4.69) is 10.2 Å². The molecule has 1 heterocycles. The first-order valence-corrected chi connectivity index (χ1v) is 5.79. The van der Waals surface area contributed by atoms with Gasteiger partial charge in [-0.2, -0.15) is 0 Å². The number of rotatable bonds is 5. The predicted molar refractivity (Wildman–Crippen MR) is 63.3 cm³/mol. The van der Waals surface area contributed by atoms with Crippen molar-refractivity contribution in [2.75, 3.05) is 32.7 Å². The monoisotopic (exact) mass is 215 g/mol. The lowest BCUT2D eigenvalue weighted by Gasteiger charge is -2.49. The van der Waals surface area contributed by atoms with Gasteiger partial charge in [0, 0.05) is 25.2 Å². The summed E-state index contributed by atoms with van der Waals surface area (Å²) in [4.78, 5) is 2.35. The molecule has 1 rings (SSSR count). The van der Waals surface area contributed by atoms with E-state index in [-0.39, 0.29) is 11.7 Å². The minimum atomic E-state index is 0.0654. The van der Waals surface area contributed by atoms with E-state index in [1.54, 1.807) is 0 Å². The van der Waals surface area contributed by atoms with E-state index < -0.39 is 0 Å². The standard InChI is InChI=1S/C10H25N5/c1-9(13)15-7-6-14-8-10(15,2-4-11)3-5-12/h9,14H,2-8,11-13H2,1H3. The van der Waals surface area contributed by atoms with Crippen molar-refractivity contribution in [3.8, 4) is 0 Å². The largest absolute Gasteiger partial charge is 0.330 e. The van der Waals surface area contributed by atoms with Crippen molar-refractivity contribution >= 4 is 0 Å². The second-order valence-corrected chi connectivity index (χ2v) is 4.41. The molecule has 15 heavy (non-hydrogen) atoms. The molecular formula is C10H25N5. The zero-order chi connectivity index (χ0) is 11.3. The second kappa shape index (κ2) is 5.77. The molecular weight excluding hydrogens is 190 g/mol. The molecule has 0 saturated carbocycles. The molecule has 5 nitrogen and oxygen atoms in total. The Kier molecular flexibility index (Phi) is 4.95.